The van der Waals surface area contributed by atoms with E-state index in [1.165, 1.54) is 19.3 Å². The molecule has 4 aliphatic rings. The summed E-state index contributed by atoms with van der Waals surface area (Å²) in [5, 5.41) is 3.05. The van der Waals surface area contributed by atoms with E-state index in [9.17, 15) is 4.79 Å². The summed E-state index contributed by atoms with van der Waals surface area (Å²) in [4.78, 5) is 12.4. The van der Waals surface area contributed by atoms with Gasteiger partial charge in [-0.05, 0) is 55.8 Å². The van der Waals surface area contributed by atoms with E-state index >= 15 is 0 Å². The highest BCUT2D eigenvalue weighted by atomic mass is 16.2. The molecule has 94 valence electrons. The Morgan fingerprint density at radius 1 is 1.35 bits per heavy atom. The van der Waals surface area contributed by atoms with Gasteiger partial charge in [0.1, 0.15) is 0 Å². The minimum absolute atomic E-state index is 0.0259. The summed E-state index contributed by atoms with van der Waals surface area (Å²) in [6.07, 6.45) is 9.28. The fourth-order valence-electron chi connectivity index (χ4n) is 5.34. The summed E-state index contributed by atoms with van der Waals surface area (Å²) < 4.78 is 0. The number of amides is 1. The number of hydrogen-bond acceptors (Lipinski definition) is 1. The lowest BCUT2D eigenvalue weighted by Crippen LogP contribution is -2.56. The molecular formula is C15H23NO. The highest BCUT2D eigenvalue weighted by Gasteiger charge is 2.58. The number of nitrogens with one attached hydrogen (secondary N) is 1. The number of rotatable bonds is 3. The van der Waals surface area contributed by atoms with E-state index < -0.39 is 0 Å². The van der Waals surface area contributed by atoms with Gasteiger partial charge in [0.05, 0.1) is 5.41 Å². The molecule has 4 fully saturated rings. The fraction of sp³-hybridized carbons (Fsp3) is 0.800. The Morgan fingerprint density at radius 3 is 2.53 bits per heavy atom. The lowest BCUT2D eigenvalue weighted by atomic mass is 9.44. The average Bonchev–Trinajstić information content (AvgIpc) is 2.22. The van der Waals surface area contributed by atoms with Crippen molar-refractivity contribution in [3.05, 3.63) is 12.7 Å². The van der Waals surface area contributed by atoms with Gasteiger partial charge in [-0.2, -0.15) is 0 Å². The van der Waals surface area contributed by atoms with Crippen LogP contribution in [0.25, 0.3) is 0 Å². The molecule has 0 saturated heterocycles. The minimum Gasteiger partial charge on any atom is -0.352 e. The maximum absolute atomic E-state index is 12.4. The van der Waals surface area contributed by atoms with E-state index in [2.05, 4.69) is 18.8 Å². The Labute approximate surface area is 104 Å². The zero-order valence-corrected chi connectivity index (χ0v) is 10.8. The van der Waals surface area contributed by atoms with E-state index in [0.717, 1.165) is 31.1 Å². The van der Waals surface area contributed by atoms with Crippen molar-refractivity contribution >= 4 is 5.91 Å². The highest BCUT2D eigenvalue weighted by molar-refractivity contribution is 5.83. The van der Waals surface area contributed by atoms with Gasteiger partial charge >= 0.3 is 0 Å². The molecule has 0 aromatic heterocycles. The summed E-state index contributed by atoms with van der Waals surface area (Å²) in [6, 6.07) is 0. The van der Waals surface area contributed by atoms with Crippen LogP contribution in [-0.4, -0.2) is 12.5 Å². The highest BCUT2D eigenvalue weighted by Crippen LogP contribution is 2.65. The number of carbonyl (C=O) groups excluding carboxylic acids is 1. The second kappa shape index (κ2) is 3.60. The monoisotopic (exact) mass is 233 g/mol. The summed E-state index contributed by atoms with van der Waals surface area (Å²) in [5.74, 6) is 1.93. The zero-order chi connectivity index (χ0) is 12.1. The molecule has 1 amide bonds. The second-order valence-corrected chi connectivity index (χ2v) is 7.05. The van der Waals surface area contributed by atoms with E-state index in [-0.39, 0.29) is 5.41 Å². The molecule has 0 heterocycles. The van der Waals surface area contributed by atoms with Gasteiger partial charge in [0.15, 0.2) is 0 Å². The normalized spacial score (nSPS) is 46.9. The van der Waals surface area contributed by atoms with Crippen LogP contribution >= 0.6 is 0 Å². The van der Waals surface area contributed by atoms with Gasteiger partial charge < -0.3 is 5.32 Å². The molecule has 0 aliphatic heterocycles. The summed E-state index contributed by atoms with van der Waals surface area (Å²) in [5.41, 5.74) is 0.428. The zero-order valence-electron chi connectivity index (χ0n) is 10.8. The molecule has 1 N–H and O–H groups in total. The Balaban J connectivity index is 1.83. The molecule has 0 aromatic carbocycles. The van der Waals surface area contributed by atoms with Crippen molar-refractivity contribution in [3.63, 3.8) is 0 Å². The van der Waals surface area contributed by atoms with Gasteiger partial charge in [0.2, 0.25) is 5.91 Å². The maximum atomic E-state index is 12.4. The van der Waals surface area contributed by atoms with Crippen LogP contribution < -0.4 is 5.32 Å². The molecule has 2 nitrogen and oxygen atoms in total. The second-order valence-electron chi connectivity index (χ2n) is 7.05. The van der Waals surface area contributed by atoms with Crippen LogP contribution in [0.3, 0.4) is 0 Å². The van der Waals surface area contributed by atoms with E-state index in [0.29, 0.717) is 17.9 Å². The predicted molar refractivity (Wildman–Crippen MR) is 68.4 cm³/mol. The topological polar surface area (TPSA) is 29.1 Å². The molecule has 4 saturated carbocycles. The summed E-state index contributed by atoms with van der Waals surface area (Å²) in [6.45, 7) is 6.70. The van der Waals surface area contributed by atoms with Gasteiger partial charge in [0.25, 0.3) is 0 Å². The van der Waals surface area contributed by atoms with Crippen LogP contribution in [0.2, 0.25) is 0 Å². The first-order valence-corrected chi connectivity index (χ1v) is 6.94. The van der Waals surface area contributed by atoms with Crippen LogP contribution in [0.5, 0.6) is 0 Å². The number of hydrogen-bond donors (Lipinski definition) is 1. The molecule has 4 aliphatic carbocycles. The fourth-order valence-corrected chi connectivity index (χ4v) is 5.34. The third kappa shape index (κ3) is 1.73. The molecule has 0 radical (unpaired) electrons. The van der Waals surface area contributed by atoms with Crippen LogP contribution in [0.1, 0.15) is 45.4 Å². The van der Waals surface area contributed by atoms with Crippen molar-refractivity contribution in [2.75, 3.05) is 6.54 Å². The van der Waals surface area contributed by atoms with Crippen LogP contribution in [0.15, 0.2) is 12.7 Å². The maximum Gasteiger partial charge on any atom is 0.226 e. The SMILES string of the molecule is C=CCNC(=O)C12CC3CC(CC(C)(C3)C1)C2. The first kappa shape index (κ1) is 11.3. The van der Waals surface area contributed by atoms with Crippen LogP contribution in [0, 0.1) is 22.7 Å². The largest absolute Gasteiger partial charge is 0.352 e. The minimum atomic E-state index is -0.0259. The van der Waals surface area contributed by atoms with E-state index in [1.807, 2.05) is 0 Å². The molecule has 0 aromatic rings. The molecular weight excluding hydrogens is 210 g/mol. The lowest BCUT2D eigenvalue weighted by molar-refractivity contribution is -0.155. The molecule has 2 unspecified atom stereocenters. The Hall–Kier alpha value is -0.790. The molecule has 4 bridgehead atoms. The first-order chi connectivity index (χ1) is 8.05. The Morgan fingerprint density at radius 2 is 2.00 bits per heavy atom. The average molecular weight is 233 g/mol. The van der Waals surface area contributed by atoms with Crippen molar-refractivity contribution in [3.8, 4) is 0 Å². The smallest absolute Gasteiger partial charge is 0.226 e. The van der Waals surface area contributed by atoms with Crippen LogP contribution in [-0.2, 0) is 4.79 Å². The number of carbonyl (C=O) groups is 1. The molecule has 17 heavy (non-hydrogen) atoms. The molecule has 2 heteroatoms. The van der Waals surface area contributed by atoms with Crippen molar-refractivity contribution in [2.45, 2.75) is 45.4 Å². The van der Waals surface area contributed by atoms with Gasteiger partial charge in [-0.3, -0.25) is 4.79 Å². The first-order valence-electron chi connectivity index (χ1n) is 6.94. The van der Waals surface area contributed by atoms with Crippen molar-refractivity contribution in [1.82, 2.24) is 5.32 Å². The third-order valence-corrected chi connectivity index (χ3v) is 5.24. The third-order valence-electron chi connectivity index (χ3n) is 5.24. The summed E-state index contributed by atoms with van der Waals surface area (Å²) in [7, 11) is 0. The Kier molecular flexibility index (Phi) is 2.39. The van der Waals surface area contributed by atoms with Crippen LogP contribution in [0.4, 0.5) is 0 Å². The standard InChI is InChI=1S/C15H23NO/c1-3-4-16-13(17)15-8-11-5-12(9-15)7-14(2,6-11)10-15/h3,11-12H,1,4-10H2,2H3,(H,16,17). The van der Waals surface area contributed by atoms with E-state index in [4.69, 9.17) is 0 Å². The quantitative estimate of drug-likeness (QED) is 0.746. The van der Waals surface area contributed by atoms with Crippen molar-refractivity contribution in [2.24, 2.45) is 22.7 Å². The lowest BCUT2D eigenvalue weighted by Gasteiger charge is -2.60. The van der Waals surface area contributed by atoms with Crippen molar-refractivity contribution < 1.29 is 4.79 Å². The van der Waals surface area contributed by atoms with Gasteiger partial charge in [-0.25, -0.2) is 0 Å². The van der Waals surface area contributed by atoms with E-state index in [1.54, 1.807) is 6.08 Å². The van der Waals surface area contributed by atoms with Gasteiger partial charge in [0, 0.05) is 6.54 Å². The molecule has 4 rings (SSSR count). The summed E-state index contributed by atoms with van der Waals surface area (Å²) >= 11 is 0. The van der Waals surface area contributed by atoms with Crippen molar-refractivity contribution in [1.29, 1.82) is 0 Å². The molecule has 2 atom stereocenters. The molecule has 0 spiro atoms. The Bertz CT molecular complexity index is 346. The predicted octanol–water partition coefficient (Wildman–Crippen LogP) is 2.90. The van der Waals surface area contributed by atoms with Gasteiger partial charge in [-0.15, -0.1) is 6.58 Å². The van der Waals surface area contributed by atoms with Gasteiger partial charge in [-0.1, -0.05) is 13.0 Å².